The summed E-state index contributed by atoms with van der Waals surface area (Å²) in [5.74, 6) is 0. The number of nitrogen functional groups attached to an aromatic ring is 1. The number of benzene rings is 1. The highest BCUT2D eigenvalue weighted by molar-refractivity contribution is 7.89. The van der Waals surface area contributed by atoms with E-state index in [4.69, 9.17) is 17.3 Å². The molecule has 0 aliphatic carbocycles. The molecular formula is C13H20ClN3O2S. The molecule has 20 heavy (non-hydrogen) atoms. The molecule has 1 aliphatic rings. The monoisotopic (exact) mass is 317 g/mol. The van der Waals surface area contributed by atoms with Crippen molar-refractivity contribution in [2.24, 2.45) is 0 Å². The number of nitrogens with two attached hydrogens (primary N) is 1. The Morgan fingerprint density at radius 1 is 1.20 bits per heavy atom. The van der Waals surface area contributed by atoms with Crippen LogP contribution in [-0.4, -0.2) is 49.8 Å². The molecule has 1 aliphatic heterocycles. The lowest BCUT2D eigenvalue weighted by molar-refractivity contribution is 0.154. The van der Waals surface area contributed by atoms with Gasteiger partial charge in [-0.15, -0.1) is 0 Å². The second-order valence-corrected chi connectivity index (χ2v) is 7.56. The van der Waals surface area contributed by atoms with Crippen LogP contribution in [0.1, 0.15) is 13.8 Å². The average Bonchev–Trinajstić information content (AvgIpc) is 2.41. The standard InChI is InChI=1S/C13H20ClN3O2S/c1-10(2)16-5-7-17(8-6-16)20(18,19)13-9-11(14)3-4-12(13)15/h3-4,9-10H,5-8,15H2,1-2H3. The van der Waals surface area contributed by atoms with Gasteiger partial charge in [-0.25, -0.2) is 8.42 Å². The molecule has 0 saturated carbocycles. The third-order valence-electron chi connectivity index (χ3n) is 3.60. The molecule has 0 unspecified atom stereocenters. The minimum atomic E-state index is -3.57. The Kier molecular flexibility index (Phi) is 4.59. The maximum atomic E-state index is 12.6. The van der Waals surface area contributed by atoms with Gasteiger partial charge < -0.3 is 5.73 Å². The van der Waals surface area contributed by atoms with Crippen molar-refractivity contribution in [2.75, 3.05) is 31.9 Å². The van der Waals surface area contributed by atoms with Gasteiger partial charge in [-0.05, 0) is 32.0 Å². The first-order valence-corrected chi connectivity index (χ1v) is 8.43. The highest BCUT2D eigenvalue weighted by Gasteiger charge is 2.30. The van der Waals surface area contributed by atoms with Crippen LogP contribution in [0.5, 0.6) is 0 Å². The summed E-state index contributed by atoms with van der Waals surface area (Å²) in [4.78, 5) is 2.36. The van der Waals surface area contributed by atoms with Crippen molar-refractivity contribution in [1.29, 1.82) is 0 Å². The van der Waals surface area contributed by atoms with Crippen LogP contribution in [0.2, 0.25) is 5.02 Å². The van der Waals surface area contributed by atoms with E-state index < -0.39 is 10.0 Å². The van der Waals surface area contributed by atoms with Crippen LogP contribution in [0.4, 0.5) is 5.69 Å². The minimum absolute atomic E-state index is 0.1000. The molecule has 0 atom stereocenters. The molecule has 1 fully saturated rings. The van der Waals surface area contributed by atoms with Gasteiger partial charge in [-0.3, -0.25) is 4.90 Å². The van der Waals surface area contributed by atoms with Gasteiger partial charge in [-0.2, -0.15) is 4.31 Å². The quantitative estimate of drug-likeness (QED) is 0.861. The summed E-state index contributed by atoms with van der Waals surface area (Å²) in [5, 5.41) is 0.374. The highest BCUT2D eigenvalue weighted by Crippen LogP contribution is 2.26. The van der Waals surface area contributed by atoms with E-state index in [1.165, 1.54) is 16.4 Å². The number of hydrogen-bond donors (Lipinski definition) is 1. The molecule has 0 spiro atoms. The lowest BCUT2D eigenvalue weighted by Gasteiger charge is -2.36. The van der Waals surface area contributed by atoms with Gasteiger partial charge in [0.25, 0.3) is 0 Å². The first-order chi connectivity index (χ1) is 9.32. The van der Waals surface area contributed by atoms with Crippen LogP contribution in [0.15, 0.2) is 23.1 Å². The summed E-state index contributed by atoms with van der Waals surface area (Å²) in [7, 11) is -3.57. The van der Waals surface area contributed by atoms with Crippen molar-refractivity contribution < 1.29 is 8.42 Å². The van der Waals surface area contributed by atoms with Crippen molar-refractivity contribution >= 4 is 27.3 Å². The molecule has 0 bridgehead atoms. The molecular weight excluding hydrogens is 298 g/mol. The maximum Gasteiger partial charge on any atom is 0.245 e. The second kappa shape index (κ2) is 5.89. The number of hydrogen-bond acceptors (Lipinski definition) is 4. The van der Waals surface area contributed by atoms with Crippen LogP contribution in [-0.2, 0) is 10.0 Å². The van der Waals surface area contributed by atoms with Crippen LogP contribution < -0.4 is 5.73 Å². The summed E-state index contributed by atoms with van der Waals surface area (Å²) in [6, 6.07) is 4.96. The predicted octanol–water partition coefficient (Wildman–Crippen LogP) is 1.64. The van der Waals surface area contributed by atoms with Gasteiger partial charge in [-0.1, -0.05) is 11.6 Å². The molecule has 0 amide bonds. The fourth-order valence-electron chi connectivity index (χ4n) is 2.33. The summed E-state index contributed by atoms with van der Waals surface area (Å²) in [5.41, 5.74) is 6.02. The second-order valence-electron chi connectivity index (χ2n) is 5.22. The Balaban J connectivity index is 2.22. The number of halogens is 1. The van der Waals surface area contributed by atoms with Crippen LogP contribution in [0.25, 0.3) is 0 Å². The zero-order valence-corrected chi connectivity index (χ0v) is 13.3. The SMILES string of the molecule is CC(C)N1CCN(S(=O)(=O)c2cc(Cl)ccc2N)CC1. The fourth-order valence-corrected chi connectivity index (χ4v) is 4.13. The molecule has 1 saturated heterocycles. The van der Waals surface area contributed by atoms with E-state index in [1.807, 2.05) is 0 Å². The predicted molar refractivity (Wildman–Crippen MR) is 81.3 cm³/mol. The van der Waals surface area contributed by atoms with E-state index >= 15 is 0 Å². The molecule has 2 N–H and O–H groups in total. The van der Waals surface area contributed by atoms with Gasteiger partial charge in [0.1, 0.15) is 4.90 Å². The smallest absolute Gasteiger partial charge is 0.245 e. The van der Waals surface area contributed by atoms with Crippen molar-refractivity contribution in [3.8, 4) is 0 Å². The van der Waals surface area contributed by atoms with Gasteiger partial charge in [0.05, 0.1) is 5.69 Å². The number of nitrogens with zero attached hydrogens (tertiary/aromatic N) is 2. The number of piperazine rings is 1. The van der Waals surface area contributed by atoms with E-state index in [2.05, 4.69) is 18.7 Å². The molecule has 112 valence electrons. The van der Waals surface area contributed by atoms with Crippen LogP contribution in [0.3, 0.4) is 0 Å². The molecule has 1 aromatic carbocycles. The summed E-state index contributed by atoms with van der Waals surface area (Å²) in [6.45, 7) is 6.64. The molecule has 0 radical (unpaired) electrons. The molecule has 7 heteroatoms. The number of sulfonamides is 1. The van der Waals surface area contributed by atoms with Gasteiger partial charge >= 0.3 is 0 Å². The van der Waals surface area contributed by atoms with Crippen molar-refractivity contribution in [3.63, 3.8) is 0 Å². The molecule has 2 rings (SSSR count). The van der Waals surface area contributed by atoms with Crippen molar-refractivity contribution in [3.05, 3.63) is 23.2 Å². The van der Waals surface area contributed by atoms with E-state index in [0.29, 0.717) is 24.2 Å². The molecule has 1 heterocycles. The van der Waals surface area contributed by atoms with E-state index in [0.717, 1.165) is 13.1 Å². The number of anilines is 1. The Bertz CT molecular complexity index is 581. The summed E-state index contributed by atoms with van der Waals surface area (Å²) in [6.07, 6.45) is 0. The van der Waals surface area contributed by atoms with E-state index in [9.17, 15) is 8.42 Å². The van der Waals surface area contributed by atoms with Crippen LogP contribution in [0, 0.1) is 0 Å². The Morgan fingerprint density at radius 3 is 2.35 bits per heavy atom. The first-order valence-electron chi connectivity index (χ1n) is 6.61. The maximum absolute atomic E-state index is 12.6. The molecule has 0 aromatic heterocycles. The Labute approximate surface area is 125 Å². The third kappa shape index (κ3) is 3.09. The minimum Gasteiger partial charge on any atom is -0.398 e. The van der Waals surface area contributed by atoms with E-state index in [1.54, 1.807) is 6.07 Å². The normalized spacial score (nSPS) is 18.6. The van der Waals surface area contributed by atoms with Gasteiger partial charge in [0.2, 0.25) is 10.0 Å². The largest absolute Gasteiger partial charge is 0.398 e. The third-order valence-corrected chi connectivity index (χ3v) is 5.79. The first kappa shape index (κ1) is 15.6. The Morgan fingerprint density at radius 2 is 1.80 bits per heavy atom. The van der Waals surface area contributed by atoms with E-state index in [-0.39, 0.29) is 10.6 Å². The topological polar surface area (TPSA) is 66.6 Å². The summed E-state index contributed by atoms with van der Waals surface area (Å²) < 4.78 is 26.7. The number of rotatable bonds is 3. The zero-order chi connectivity index (χ0) is 14.9. The summed E-state index contributed by atoms with van der Waals surface area (Å²) >= 11 is 5.88. The lowest BCUT2D eigenvalue weighted by atomic mass is 10.3. The molecule has 5 nitrogen and oxygen atoms in total. The van der Waals surface area contributed by atoms with Crippen LogP contribution >= 0.6 is 11.6 Å². The fraction of sp³-hybridized carbons (Fsp3) is 0.538. The highest BCUT2D eigenvalue weighted by atomic mass is 35.5. The van der Waals surface area contributed by atoms with Crippen molar-refractivity contribution in [1.82, 2.24) is 9.21 Å². The zero-order valence-electron chi connectivity index (χ0n) is 11.7. The Hall–Kier alpha value is -0.820. The lowest BCUT2D eigenvalue weighted by Crippen LogP contribution is -2.50. The van der Waals surface area contributed by atoms with Gasteiger partial charge in [0, 0.05) is 37.2 Å². The van der Waals surface area contributed by atoms with Crippen molar-refractivity contribution in [2.45, 2.75) is 24.8 Å². The van der Waals surface area contributed by atoms with Gasteiger partial charge in [0.15, 0.2) is 0 Å². The average molecular weight is 318 g/mol. The molecule has 1 aromatic rings.